The molecule has 4 heteroatoms. The van der Waals surface area contributed by atoms with Gasteiger partial charge in [-0.25, -0.2) is 10.3 Å². The molecule has 82 valence electrons. The predicted molar refractivity (Wildman–Crippen MR) is 54.0 cm³/mol. The van der Waals surface area contributed by atoms with E-state index in [4.69, 9.17) is 10.6 Å². The van der Waals surface area contributed by atoms with E-state index >= 15 is 0 Å². The third-order valence-corrected chi connectivity index (χ3v) is 2.98. The highest BCUT2D eigenvalue weighted by atomic mass is 19.1. The van der Waals surface area contributed by atoms with Crippen molar-refractivity contribution in [3.63, 3.8) is 0 Å². The van der Waals surface area contributed by atoms with Crippen molar-refractivity contribution in [1.82, 2.24) is 0 Å². The predicted octanol–water partition coefficient (Wildman–Crippen LogP) is 1.76. The van der Waals surface area contributed by atoms with Gasteiger partial charge in [0.05, 0.1) is 13.7 Å². The Kier molecular flexibility index (Phi) is 2.63. The minimum atomic E-state index is -0.335. The fraction of sp³-hybridized carbons (Fsp3) is 0.455. The van der Waals surface area contributed by atoms with Crippen LogP contribution in [0.15, 0.2) is 18.2 Å². The molecule has 2 N–H and O–H groups in total. The number of hydrogen-bond acceptors (Lipinski definition) is 3. The number of nitrogens with two attached hydrogens (primary N) is 1. The molecule has 0 aliphatic heterocycles. The fourth-order valence-electron chi connectivity index (χ4n) is 1.82. The maximum Gasteiger partial charge on any atom is 0.165 e. The van der Waals surface area contributed by atoms with Gasteiger partial charge in [-0.3, -0.25) is 0 Å². The second-order valence-corrected chi connectivity index (χ2v) is 3.94. The molecule has 0 saturated heterocycles. The van der Waals surface area contributed by atoms with Crippen LogP contribution in [0.1, 0.15) is 18.4 Å². The largest absolute Gasteiger partial charge is 0.494 e. The molecule has 0 spiro atoms. The molecule has 1 aliphatic rings. The summed E-state index contributed by atoms with van der Waals surface area (Å²) in [5.74, 6) is 5.00. The lowest BCUT2D eigenvalue weighted by Crippen LogP contribution is -2.18. The quantitative estimate of drug-likeness (QED) is 0.772. The molecule has 0 unspecified atom stereocenters. The van der Waals surface area contributed by atoms with E-state index in [0.717, 1.165) is 18.4 Å². The maximum atomic E-state index is 13.5. The molecule has 0 radical (unpaired) electrons. The topological polar surface area (TPSA) is 44.5 Å². The third-order valence-electron chi connectivity index (χ3n) is 2.98. The summed E-state index contributed by atoms with van der Waals surface area (Å²) >= 11 is 0. The first-order chi connectivity index (χ1) is 7.22. The van der Waals surface area contributed by atoms with Crippen molar-refractivity contribution in [2.24, 2.45) is 5.90 Å². The first-order valence-electron chi connectivity index (χ1n) is 4.87. The van der Waals surface area contributed by atoms with E-state index in [9.17, 15) is 4.39 Å². The smallest absolute Gasteiger partial charge is 0.165 e. The zero-order valence-corrected chi connectivity index (χ0v) is 8.63. The third kappa shape index (κ3) is 1.82. The minimum Gasteiger partial charge on any atom is -0.494 e. The lowest BCUT2D eigenvalue weighted by molar-refractivity contribution is 0.116. The van der Waals surface area contributed by atoms with Crippen LogP contribution in [0.5, 0.6) is 5.75 Å². The summed E-state index contributed by atoms with van der Waals surface area (Å²) in [7, 11) is 1.45. The van der Waals surface area contributed by atoms with Crippen LogP contribution in [0.2, 0.25) is 0 Å². The van der Waals surface area contributed by atoms with E-state index in [0.29, 0.717) is 6.61 Å². The van der Waals surface area contributed by atoms with Gasteiger partial charge in [-0.15, -0.1) is 0 Å². The summed E-state index contributed by atoms with van der Waals surface area (Å²) in [5, 5.41) is 0. The molecule has 0 atom stereocenters. The Bertz CT molecular complexity index is 364. The lowest BCUT2D eigenvalue weighted by Gasteiger charge is -2.14. The molecule has 1 aromatic carbocycles. The van der Waals surface area contributed by atoms with E-state index < -0.39 is 0 Å². The second kappa shape index (κ2) is 3.79. The van der Waals surface area contributed by atoms with Gasteiger partial charge in [0.15, 0.2) is 11.6 Å². The van der Waals surface area contributed by atoms with E-state index in [1.165, 1.54) is 13.2 Å². The number of hydrogen-bond donors (Lipinski definition) is 1. The van der Waals surface area contributed by atoms with Gasteiger partial charge in [-0.2, -0.15) is 0 Å². The maximum absolute atomic E-state index is 13.5. The molecule has 3 nitrogen and oxygen atoms in total. The van der Waals surface area contributed by atoms with E-state index in [1.54, 1.807) is 6.07 Å². The molecule has 2 rings (SSSR count). The highest BCUT2D eigenvalue weighted by Crippen LogP contribution is 2.48. The van der Waals surface area contributed by atoms with Crippen molar-refractivity contribution < 1.29 is 14.0 Å². The molecule has 0 amide bonds. The van der Waals surface area contributed by atoms with Gasteiger partial charge in [-0.05, 0) is 30.5 Å². The standard InChI is InChI=1S/C11H14FNO2/c1-14-10-3-2-8(6-9(10)12)11(4-5-11)7-15-13/h2-3,6H,4-5,7,13H2,1H3. The van der Waals surface area contributed by atoms with Crippen LogP contribution in [0.25, 0.3) is 0 Å². The first-order valence-corrected chi connectivity index (χ1v) is 4.87. The van der Waals surface area contributed by atoms with Crippen LogP contribution in [0, 0.1) is 5.82 Å². The van der Waals surface area contributed by atoms with E-state index in [-0.39, 0.29) is 17.0 Å². The Morgan fingerprint density at radius 3 is 2.67 bits per heavy atom. The second-order valence-electron chi connectivity index (χ2n) is 3.94. The van der Waals surface area contributed by atoms with Crippen molar-refractivity contribution in [1.29, 1.82) is 0 Å². The van der Waals surface area contributed by atoms with Crippen LogP contribution >= 0.6 is 0 Å². The Hall–Kier alpha value is -1.13. The molecular weight excluding hydrogens is 197 g/mol. The number of ether oxygens (including phenoxy) is 1. The zero-order chi connectivity index (χ0) is 10.9. The highest BCUT2D eigenvalue weighted by molar-refractivity contribution is 5.37. The summed E-state index contributed by atoms with van der Waals surface area (Å²) in [6.07, 6.45) is 1.99. The summed E-state index contributed by atoms with van der Waals surface area (Å²) in [6, 6.07) is 5.01. The van der Waals surface area contributed by atoms with Gasteiger partial charge in [0.25, 0.3) is 0 Å². The average molecular weight is 211 g/mol. The first kappa shape index (κ1) is 10.4. The van der Waals surface area contributed by atoms with Crippen LogP contribution in [0.3, 0.4) is 0 Å². The number of halogens is 1. The summed E-state index contributed by atoms with van der Waals surface area (Å²) in [6.45, 7) is 0.443. The van der Waals surface area contributed by atoms with Gasteiger partial charge in [0, 0.05) is 5.41 Å². The molecule has 0 aromatic heterocycles. The van der Waals surface area contributed by atoms with Gasteiger partial charge in [0.1, 0.15) is 0 Å². The van der Waals surface area contributed by atoms with Crippen molar-refractivity contribution in [3.8, 4) is 5.75 Å². The van der Waals surface area contributed by atoms with Crippen LogP contribution in [-0.2, 0) is 10.3 Å². The molecule has 15 heavy (non-hydrogen) atoms. The number of methoxy groups -OCH3 is 1. The Balaban J connectivity index is 2.26. The van der Waals surface area contributed by atoms with Gasteiger partial charge >= 0.3 is 0 Å². The molecular formula is C11H14FNO2. The molecule has 0 heterocycles. The Morgan fingerprint density at radius 1 is 1.47 bits per heavy atom. The lowest BCUT2D eigenvalue weighted by atomic mass is 9.97. The minimum absolute atomic E-state index is 0.0676. The molecule has 1 fully saturated rings. The normalized spacial score (nSPS) is 17.5. The van der Waals surface area contributed by atoms with Gasteiger partial charge in [-0.1, -0.05) is 6.07 Å². The number of benzene rings is 1. The van der Waals surface area contributed by atoms with Crippen molar-refractivity contribution in [2.45, 2.75) is 18.3 Å². The SMILES string of the molecule is COc1ccc(C2(CON)CC2)cc1F. The molecule has 0 bridgehead atoms. The molecule has 1 aliphatic carbocycles. The van der Waals surface area contributed by atoms with Gasteiger partial charge in [0.2, 0.25) is 0 Å². The average Bonchev–Trinajstić information content (AvgIpc) is 2.99. The summed E-state index contributed by atoms with van der Waals surface area (Å²) < 4.78 is 18.3. The monoisotopic (exact) mass is 211 g/mol. The zero-order valence-electron chi connectivity index (χ0n) is 8.63. The Labute approximate surface area is 87.9 Å². The fourth-order valence-corrected chi connectivity index (χ4v) is 1.82. The van der Waals surface area contributed by atoms with Crippen LogP contribution in [0.4, 0.5) is 4.39 Å². The molecule has 1 saturated carbocycles. The van der Waals surface area contributed by atoms with E-state index in [1.807, 2.05) is 6.07 Å². The van der Waals surface area contributed by atoms with Crippen LogP contribution < -0.4 is 10.6 Å². The van der Waals surface area contributed by atoms with Crippen LogP contribution in [-0.4, -0.2) is 13.7 Å². The van der Waals surface area contributed by atoms with Gasteiger partial charge < -0.3 is 9.57 Å². The van der Waals surface area contributed by atoms with E-state index in [2.05, 4.69) is 4.84 Å². The summed E-state index contributed by atoms with van der Waals surface area (Å²) in [4.78, 5) is 4.67. The van der Waals surface area contributed by atoms with Crippen molar-refractivity contribution in [3.05, 3.63) is 29.6 Å². The molecule has 1 aromatic rings. The highest BCUT2D eigenvalue weighted by Gasteiger charge is 2.44. The summed E-state index contributed by atoms with van der Waals surface area (Å²) in [5.41, 5.74) is 0.869. The van der Waals surface area contributed by atoms with Crippen molar-refractivity contribution in [2.75, 3.05) is 13.7 Å². The van der Waals surface area contributed by atoms with Crippen molar-refractivity contribution >= 4 is 0 Å². The number of rotatable bonds is 4. The Morgan fingerprint density at radius 2 is 2.20 bits per heavy atom.